The number of nitrogens with zero attached hydrogens (tertiary/aromatic N) is 3. The maximum absolute atomic E-state index is 12.3. The van der Waals surface area contributed by atoms with E-state index in [1.165, 1.54) is 33.4 Å². The molecule has 4 rings (SSSR count). The minimum Gasteiger partial charge on any atom is -0.325 e. The van der Waals surface area contributed by atoms with Gasteiger partial charge in [0, 0.05) is 12.1 Å². The summed E-state index contributed by atoms with van der Waals surface area (Å²) < 4.78 is 2.00. The minimum absolute atomic E-state index is 0.0471. The first-order valence-corrected chi connectivity index (χ1v) is 10.9. The molecule has 1 N–H and O–H groups in total. The average molecular weight is 413 g/mol. The normalized spacial score (nSPS) is 12.2. The molecule has 2 heterocycles. The predicted octanol–water partition coefficient (Wildman–Crippen LogP) is 4.86. The van der Waals surface area contributed by atoms with Gasteiger partial charge in [-0.15, -0.1) is 21.5 Å². The number of carbonyl (C=O) groups excluding carboxylic acids is 1. The average Bonchev–Trinajstić information content (AvgIpc) is 3.32. The molecule has 0 saturated carbocycles. The number of fused-ring (bicyclic) bond motifs is 1. The van der Waals surface area contributed by atoms with Crippen LogP contribution in [0.3, 0.4) is 0 Å². The summed E-state index contributed by atoms with van der Waals surface area (Å²) in [7, 11) is 0. The summed E-state index contributed by atoms with van der Waals surface area (Å²) in [5, 5.41) is 11.6. The fourth-order valence-electron chi connectivity index (χ4n) is 2.54. The molecule has 0 saturated heterocycles. The first-order chi connectivity index (χ1) is 13.2. The molecule has 1 atom stereocenters. The molecule has 2 aromatic heterocycles. The van der Waals surface area contributed by atoms with Gasteiger partial charge in [-0.3, -0.25) is 4.79 Å². The number of benzene rings is 2. The Balaban J connectivity index is 1.37. The molecule has 0 aliphatic heterocycles. The summed E-state index contributed by atoms with van der Waals surface area (Å²) in [5.74, 6) is -0.0471. The van der Waals surface area contributed by atoms with E-state index in [4.69, 9.17) is 0 Å². The van der Waals surface area contributed by atoms with Crippen LogP contribution in [0.25, 0.3) is 10.2 Å². The fraction of sp³-hybridized carbons (Fsp3) is 0.158. The van der Waals surface area contributed by atoms with Gasteiger partial charge in [0.15, 0.2) is 4.34 Å². The van der Waals surface area contributed by atoms with Crippen LogP contribution in [0, 0.1) is 0 Å². The number of hydrogen-bond acceptors (Lipinski definition) is 7. The predicted molar refractivity (Wildman–Crippen MR) is 113 cm³/mol. The van der Waals surface area contributed by atoms with Crippen molar-refractivity contribution >= 4 is 56.2 Å². The first kappa shape index (κ1) is 18.1. The van der Waals surface area contributed by atoms with E-state index < -0.39 is 0 Å². The first-order valence-electron chi connectivity index (χ1n) is 8.34. The lowest BCUT2D eigenvalue weighted by atomic mass is 10.1. The molecule has 0 radical (unpaired) electrons. The highest BCUT2D eigenvalue weighted by Gasteiger charge is 2.16. The quantitative estimate of drug-likeness (QED) is 0.458. The molecule has 4 aromatic rings. The number of thioether (sulfide) groups is 1. The number of carbonyl (C=O) groups is 1. The van der Waals surface area contributed by atoms with Crippen molar-refractivity contribution in [2.24, 2.45) is 0 Å². The zero-order valence-corrected chi connectivity index (χ0v) is 16.9. The Labute approximate surface area is 168 Å². The second-order valence-corrected chi connectivity index (χ2v) is 9.44. The van der Waals surface area contributed by atoms with E-state index in [0.29, 0.717) is 0 Å². The van der Waals surface area contributed by atoms with Gasteiger partial charge in [-0.05, 0) is 36.8 Å². The second-order valence-electron chi connectivity index (χ2n) is 5.90. The third-order valence-corrected chi connectivity index (χ3v) is 6.85. The third-order valence-electron chi connectivity index (χ3n) is 3.90. The van der Waals surface area contributed by atoms with E-state index in [0.717, 1.165) is 27.0 Å². The highest BCUT2D eigenvalue weighted by Crippen LogP contribution is 2.26. The van der Waals surface area contributed by atoms with Crippen LogP contribution in [0.1, 0.15) is 17.5 Å². The Kier molecular flexibility index (Phi) is 5.47. The van der Waals surface area contributed by atoms with Crippen LogP contribution in [-0.2, 0) is 11.2 Å². The number of aromatic nitrogens is 3. The topological polar surface area (TPSA) is 67.8 Å². The summed E-state index contributed by atoms with van der Waals surface area (Å²) in [5.41, 5.74) is 4.67. The summed E-state index contributed by atoms with van der Waals surface area (Å²) in [4.78, 5) is 17.0. The molecule has 0 aliphatic rings. The number of para-hydroxylation sites is 1. The van der Waals surface area contributed by atoms with Gasteiger partial charge in [-0.25, -0.2) is 4.98 Å². The van der Waals surface area contributed by atoms with Gasteiger partial charge < -0.3 is 5.32 Å². The fourth-order valence-corrected chi connectivity index (χ4v) is 5.17. The van der Waals surface area contributed by atoms with Crippen molar-refractivity contribution in [3.63, 3.8) is 0 Å². The minimum atomic E-state index is -0.236. The van der Waals surface area contributed by atoms with Crippen molar-refractivity contribution in [3.05, 3.63) is 64.6 Å². The molecule has 2 aromatic carbocycles. The number of amides is 1. The van der Waals surface area contributed by atoms with Crippen LogP contribution in [0.5, 0.6) is 0 Å². The van der Waals surface area contributed by atoms with Gasteiger partial charge in [0.2, 0.25) is 5.91 Å². The largest absolute Gasteiger partial charge is 0.325 e. The summed E-state index contributed by atoms with van der Waals surface area (Å²) in [6, 6.07) is 16.1. The van der Waals surface area contributed by atoms with Crippen LogP contribution in [0.2, 0.25) is 0 Å². The zero-order valence-electron chi connectivity index (χ0n) is 14.5. The van der Waals surface area contributed by atoms with Gasteiger partial charge in [0.05, 0.1) is 20.5 Å². The van der Waals surface area contributed by atoms with Crippen molar-refractivity contribution in [1.82, 2.24) is 15.2 Å². The molecular weight excluding hydrogens is 396 g/mol. The highest BCUT2D eigenvalue weighted by atomic mass is 32.2. The van der Waals surface area contributed by atoms with Crippen LogP contribution in [0.4, 0.5) is 5.69 Å². The van der Waals surface area contributed by atoms with E-state index in [2.05, 4.69) is 26.6 Å². The molecular formula is C19H16N4OS3. The third kappa shape index (κ3) is 4.52. The van der Waals surface area contributed by atoms with E-state index in [-0.39, 0.29) is 11.2 Å². The maximum Gasteiger partial charge on any atom is 0.237 e. The number of hydrogen-bond donors (Lipinski definition) is 1. The van der Waals surface area contributed by atoms with Gasteiger partial charge in [-0.2, -0.15) is 0 Å². The molecule has 136 valence electrons. The van der Waals surface area contributed by atoms with Crippen LogP contribution >= 0.6 is 34.4 Å². The van der Waals surface area contributed by atoms with Crippen molar-refractivity contribution in [2.75, 3.05) is 5.32 Å². The molecule has 0 spiro atoms. The standard InChI is InChI=1S/C19H16N4OS3/c1-12(26-19-23-20-11-25-19)18(24)21-14-8-6-13(7-9-14)10-17-22-15-4-2-3-5-16(15)27-17/h2-9,11-12H,10H2,1H3,(H,21,24). The van der Waals surface area contributed by atoms with Crippen LogP contribution < -0.4 is 5.32 Å². The molecule has 0 aliphatic carbocycles. The van der Waals surface area contributed by atoms with Crippen molar-refractivity contribution in [1.29, 1.82) is 0 Å². The molecule has 1 unspecified atom stereocenters. The smallest absolute Gasteiger partial charge is 0.237 e. The van der Waals surface area contributed by atoms with Crippen molar-refractivity contribution in [3.8, 4) is 0 Å². The Hall–Kier alpha value is -2.29. The van der Waals surface area contributed by atoms with Gasteiger partial charge >= 0.3 is 0 Å². The summed E-state index contributed by atoms with van der Waals surface area (Å²) in [6.45, 7) is 1.86. The molecule has 0 bridgehead atoms. The van der Waals surface area contributed by atoms with Gasteiger partial charge in [-0.1, -0.05) is 47.4 Å². The molecule has 27 heavy (non-hydrogen) atoms. The Morgan fingerprint density at radius 2 is 2.00 bits per heavy atom. The molecule has 1 amide bonds. The van der Waals surface area contributed by atoms with Crippen LogP contribution in [-0.4, -0.2) is 26.3 Å². The Morgan fingerprint density at radius 3 is 2.74 bits per heavy atom. The number of anilines is 1. The summed E-state index contributed by atoms with van der Waals surface area (Å²) in [6.07, 6.45) is 0.789. The zero-order chi connectivity index (χ0) is 18.6. The highest BCUT2D eigenvalue weighted by molar-refractivity contribution is 8.02. The van der Waals surface area contributed by atoms with Gasteiger partial charge in [0.1, 0.15) is 5.51 Å². The second kappa shape index (κ2) is 8.16. The SMILES string of the molecule is CC(Sc1nncs1)C(=O)Nc1ccc(Cc2nc3ccccc3s2)cc1. The van der Waals surface area contributed by atoms with Crippen molar-refractivity contribution in [2.45, 2.75) is 22.9 Å². The lowest BCUT2D eigenvalue weighted by Crippen LogP contribution is -2.22. The summed E-state index contributed by atoms with van der Waals surface area (Å²) >= 11 is 4.56. The molecule has 5 nitrogen and oxygen atoms in total. The van der Waals surface area contributed by atoms with E-state index in [1.807, 2.05) is 49.4 Å². The number of rotatable bonds is 6. The van der Waals surface area contributed by atoms with Crippen LogP contribution in [0.15, 0.2) is 58.4 Å². The lowest BCUT2D eigenvalue weighted by Gasteiger charge is -2.10. The van der Waals surface area contributed by atoms with Gasteiger partial charge in [0.25, 0.3) is 0 Å². The maximum atomic E-state index is 12.3. The monoisotopic (exact) mass is 412 g/mol. The van der Waals surface area contributed by atoms with Crippen molar-refractivity contribution < 1.29 is 4.79 Å². The molecule has 8 heteroatoms. The Morgan fingerprint density at radius 1 is 1.19 bits per heavy atom. The lowest BCUT2D eigenvalue weighted by molar-refractivity contribution is -0.115. The molecule has 0 fully saturated rings. The van der Waals surface area contributed by atoms with E-state index >= 15 is 0 Å². The van der Waals surface area contributed by atoms with E-state index in [9.17, 15) is 4.79 Å². The number of thiazole rings is 1. The van der Waals surface area contributed by atoms with E-state index in [1.54, 1.807) is 16.8 Å². The Bertz CT molecular complexity index is 1010. The number of nitrogens with one attached hydrogen (secondary N) is 1.